The highest BCUT2D eigenvalue weighted by Crippen LogP contribution is 2.24. The molecule has 0 aliphatic heterocycles. The third-order valence-electron chi connectivity index (χ3n) is 3.30. The van der Waals surface area contributed by atoms with E-state index in [4.69, 9.17) is 5.11 Å². The van der Waals surface area contributed by atoms with Crippen LogP contribution in [0, 0.1) is 5.92 Å². The summed E-state index contributed by atoms with van der Waals surface area (Å²) in [6, 6.07) is 7.41. The van der Waals surface area contributed by atoms with Gasteiger partial charge in [0.05, 0.1) is 17.0 Å². The lowest BCUT2D eigenvalue weighted by Crippen LogP contribution is -2.27. The van der Waals surface area contributed by atoms with Gasteiger partial charge in [0.15, 0.2) is 0 Å². The van der Waals surface area contributed by atoms with Crippen molar-refractivity contribution in [2.24, 2.45) is 5.92 Å². The number of carboxylic acids is 1. The largest absolute Gasteiger partial charge is 0.481 e. The fraction of sp³-hybridized carbons (Fsp3) is 0.375. The third-order valence-corrected chi connectivity index (χ3v) is 4.19. The third kappa shape index (κ3) is 3.82. The summed E-state index contributed by atoms with van der Waals surface area (Å²) in [7, 11) is 0. The Labute approximate surface area is 127 Å². The second kappa shape index (κ2) is 6.72. The number of carboxylic acid groups (broad SMARTS) is 1. The number of nitrogens with zero attached hydrogens (tertiary/aromatic N) is 1. The van der Waals surface area contributed by atoms with Crippen LogP contribution in [0.15, 0.2) is 34.4 Å². The van der Waals surface area contributed by atoms with Crippen molar-refractivity contribution in [1.29, 1.82) is 0 Å². The summed E-state index contributed by atoms with van der Waals surface area (Å²) in [6.45, 7) is 4.82. The van der Waals surface area contributed by atoms with Crippen molar-refractivity contribution in [3.63, 3.8) is 0 Å². The average molecular weight is 305 g/mol. The normalized spacial score (nSPS) is 11.0. The molecule has 112 valence electrons. The second-order valence-corrected chi connectivity index (χ2v) is 6.38. The summed E-state index contributed by atoms with van der Waals surface area (Å²) in [5.74, 6) is -0.498. The molecule has 0 spiro atoms. The fourth-order valence-corrected chi connectivity index (χ4v) is 2.93. The van der Waals surface area contributed by atoms with Gasteiger partial charge in [-0.2, -0.15) is 0 Å². The van der Waals surface area contributed by atoms with Crippen molar-refractivity contribution in [1.82, 2.24) is 4.57 Å². The van der Waals surface area contributed by atoms with E-state index in [0.717, 1.165) is 17.0 Å². The van der Waals surface area contributed by atoms with E-state index in [-0.39, 0.29) is 12.0 Å². The molecule has 0 amide bonds. The SMILES string of the molecule is CC(C)CCn1c(-c2cccs2)ccc(CC(=O)O)c1=O. The predicted octanol–water partition coefficient (Wildman–Crippen LogP) is 3.25. The molecule has 0 aliphatic carbocycles. The van der Waals surface area contributed by atoms with Gasteiger partial charge in [0.2, 0.25) is 0 Å². The lowest BCUT2D eigenvalue weighted by molar-refractivity contribution is -0.136. The Balaban J connectivity index is 2.47. The van der Waals surface area contributed by atoms with Gasteiger partial charge < -0.3 is 9.67 Å². The molecule has 0 saturated heterocycles. The van der Waals surface area contributed by atoms with Crippen LogP contribution in [0.2, 0.25) is 0 Å². The smallest absolute Gasteiger partial charge is 0.308 e. The molecule has 2 rings (SSSR count). The van der Waals surface area contributed by atoms with Crippen LogP contribution in [0.3, 0.4) is 0 Å². The summed E-state index contributed by atoms with van der Waals surface area (Å²) < 4.78 is 1.71. The zero-order chi connectivity index (χ0) is 15.4. The second-order valence-electron chi connectivity index (χ2n) is 5.43. The van der Waals surface area contributed by atoms with Crippen LogP contribution in [0.5, 0.6) is 0 Å². The van der Waals surface area contributed by atoms with E-state index in [1.807, 2.05) is 23.6 Å². The first-order chi connectivity index (χ1) is 9.99. The van der Waals surface area contributed by atoms with Crippen LogP contribution in [0.1, 0.15) is 25.8 Å². The highest BCUT2D eigenvalue weighted by Gasteiger charge is 2.13. The maximum atomic E-state index is 12.5. The van der Waals surface area contributed by atoms with Crippen molar-refractivity contribution < 1.29 is 9.90 Å². The lowest BCUT2D eigenvalue weighted by atomic mass is 10.1. The molecular weight excluding hydrogens is 286 g/mol. The van der Waals surface area contributed by atoms with E-state index in [9.17, 15) is 9.59 Å². The van der Waals surface area contributed by atoms with Crippen LogP contribution in [-0.2, 0) is 17.8 Å². The van der Waals surface area contributed by atoms with E-state index in [1.54, 1.807) is 22.0 Å². The molecule has 0 aromatic carbocycles. The van der Waals surface area contributed by atoms with E-state index in [1.165, 1.54) is 0 Å². The quantitative estimate of drug-likeness (QED) is 0.891. The van der Waals surface area contributed by atoms with Crippen molar-refractivity contribution in [2.45, 2.75) is 33.2 Å². The van der Waals surface area contributed by atoms with Gasteiger partial charge >= 0.3 is 5.97 Å². The van der Waals surface area contributed by atoms with Crippen LogP contribution < -0.4 is 5.56 Å². The summed E-state index contributed by atoms with van der Waals surface area (Å²) in [4.78, 5) is 24.4. The van der Waals surface area contributed by atoms with Crippen molar-refractivity contribution in [3.8, 4) is 10.6 Å². The van der Waals surface area contributed by atoms with E-state index >= 15 is 0 Å². The Morgan fingerprint density at radius 1 is 1.33 bits per heavy atom. The first-order valence-electron chi connectivity index (χ1n) is 6.97. The zero-order valence-electron chi connectivity index (χ0n) is 12.2. The Hall–Kier alpha value is -1.88. The van der Waals surface area contributed by atoms with Gasteiger partial charge in [-0.1, -0.05) is 26.0 Å². The molecule has 2 aromatic heterocycles. The molecule has 0 unspecified atom stereocenters. The molecule has 0 fully saturated rings. The number of aromatic nitrogens is 1. The lowest BCUT2D eigenvalue weighted by Gasteiger charge is -2.14. The molecule has 0 aliphatic rings. The van der Waals surface area contributed by atoms with Crippen molar-refractivity contribution in [3.05, 3.63) is 45.6 Å². The van der Waals surface area contributed by atoms with Crippen LogP contribution in [0.4, 0.5) is 0 Å². The maximum absolute atomic E-state index is 12.5. The van der Waals surface area contributed by atoms with Gasteiger partial charge in [0, 0.05) is 12.1 Å². The number of thiophene rings is 1. The minimum atomic E-state index is -0.980. The van der Waals surface area contributed by atoms with E-state index < -0.39 is 5.97 Å². The number of rotatable bonds is 6. The number of pyridine rings is 1. The van der Waals surface area contributed by atoms with E-state index in [0.29, 0.717) is 18.0 Å². The van der Waals surface area contributed by atoms with Gasteiger partial charge in [-0.25, -0.2) is 0 Å². The summed E-state index contributed by atoms with van der Waals surface area (Å²) in [5, 5.41) is 10.9. The fourth-order valence-electron chi connectivity index (χ4n) is 2.17. The van der Waals surface area contributed by atoms with Gasteiger partial charge in [0.25, 0.3) is 5.56 Å². The molecule has 1 N–H and O–H groups in total. The zero-order valence-corrected chi connectivity index (χ0v) is 13.0. The molecule has 2 aromatic rings. The topological polar surface area (TPSA) is 59.3 Å². The van der Waals surface area contributed by atoms with Crippen LogP contribution in [0.25, 0.3) is 10.6 Å². The molecule has 0 saturated carbocycles. The Morgan fingerprint density at radius 2 is 2.10 bits per heavy atom. The molecular formula is C16H19NO3S. The molecule has 0 radical (unpaired) electrons. The highest BCUT2D eigenvalue weighted by atomic mass is 32.1. The standard InChI is InChI=1S/C16H19NO3S/c1-11(2)7-8-17-13(14-4-3-9-21-14)6-5-12(16(17)20)10-15(18)19/h3-6,9,11H,7-8,10H2,1-2H3,(H,18,19). The number of hydrogen-bond acceptors (Lipinski definition) is 3. The van der Waals surface area contributed by atoms with Gasteiger partial charge in [-0.05, 0) is 29.9 Å². The number of carbonyl (C=O) groups is 1. The molecule has 5 heteroatoms. The van der Waals surface area contributed by atoms with Gasteiger partial charge in [-0.15, -0.1) is 11.3 Å². The first kappa shape index (κ1) is 15.5. The minimum Gasteiger partial charge on any atom is -0.481 e. The number of hydrogen-bond donors (Lipinski definition) is 1. The Kier molecular flexibility index (Phi) is 4.96. The summed E-state index contributed by atoms with van der Waals surface area (Å²) >= 11 is 1.58. The molecule has 4 nitrogen and oxygen atoms in total. The average Bonchev–Trinajstić information content (AvgIpc) is 2.92. The van der Waals surface area contributed by atoms with Crippen LogP contribution in [-0.4, -0.2) is 15.6 Å². The summed E-state index contributed by atoms with van der Waals surface area (Å²) in [6.07, 6.45) is 0.653. The molecule has 0 atom stereocenters. The molecule has 2 heterocycles. The van der Waals surface area contributed by atoms with Crippen LogP contribution >= 0.6 is 11.3 Å². The molecule has 21 heavy (non-hydrogen) atoms. The molecule has 0 bridgehead atoms. The Morgan fingerprint density at radius 3 is 2.67 bits per heavy atom. The summed E-state index contributed by atoms with van der Waals surface area (Å²) in [5.41, 5.74) is 1.01. The maximum Gasteiger partial charge on any atom is 0.308 e. The van der Waals surface area contributed by atoms with Crippen molar-refractivity contribution in [2.75, 3.05) is 0 Å². The first-order valence-corrected chi connectivity index (χ1v) is 7.85. The number of aliphatic carboxylic acids is 1. The van der Waals surface area contributed by atoms with Gasteiger partial charge in [0.1, 0.15) is 0 Å². The Bertz CT molecular complexity index is 671. The highest BCUT2D eigenvalue weighted by molar-refractivity contribution is 7.13. The van der Waals surface area contributed by atoms with E-state index in [2.05, 4.69) is 13.8 Å². The van der Waals surface area contributed by atoms with Gasteiger partial charge in [-0.3, -0.25) is 9.59 Å². The predicted molar refractivity (Wildman–Crippen MR) is 84.8 cm³/mol. The monoisotopic (exact) mass is 305 g/mol. The minimum absolute atomic E-state index is 0.191. The van der Waals surface area contributed by atoms with Crippen molar-refractivity contribution >= 4 is 17.3 Å².